The summed E-state index contributed by atoms with van der Waals surface area (Å²) < 4.78 is 21.8. The van der Waals surface area contributed by atoms with Crippen molar-refractivity contribution < 1.29 is 33.3 Å². The van der Waals surface area contributed by atoms with Crippen molar-refractivity contribution in [3.8, 4) is 34.3 Å². The fourth-order valence-electron chi connectivity index (χ4n) is 4.93. The second-order valence-electron chi connectivity index (χ2n) is 11.1. The van der Waals surface area contributed by atoms with Crippen LogP contribution in [0.1, 0.15) is 29.8 Å². The van der Waals surface area contributed by atoms with Gasteiger partial charge in [-0.3, -0.25) is 14.4 Å². The van der Waals surface area contributed by atoms with Crippen LogP contribution in [0.5, 0.6) is 23.0 Å². The Morgan fingerprint density at radius 3 is 2.15 bits per heavy atom. The average molecular weight is 739 g/mol. The van der Waals surface area contributed by atoms with Gasteiger partial charge in [-0.15, -0.1) is 23.1 Å². The second-order valence-corrected chi connectivity index (χ2v) is 13.3. The van der Waals surface area contributed by atoms with E-state index in [0.717, 1.165) is 21.9 Å². The SMILES string of the molecule is CCOc1ccc(-c2csc(NC(=O)C(C)Sc3ccc(NC(=O)/C(=C/c4cc(OC)c(OC)c(OC)c4)NC(=O)c4ccccc4)cc3)n2)cc1. The van der Waals surface area contributed by atoms with E-state index < -0.39 is 17.1 Å². The Labute approximate surface area is 310 Å². The molecule has 0 saturated heterocycles. The predicted molar refractivity (Wildman–Crippen MR) is 206 cm³/mol. The molecule has 1 heterocycles. The summed E-state index contributed by atoms with van der Waals surface area (Å²) in [7, 11) is 4.48. The number of thiazole rings is 1. The molecule has 13 heteroatoms. The maximum absolute atomic E-state index is 13.6. The predicted octanol–water partition coefficient (Wildman–Crippen LogP) is 7.76. The van der Waals surface area contributed by atoms with E-state index in [4.69, 9.17) is 18.9 Å². The van der Waals surface area contributed by atoms with E-state index >= 15 is 0 Å². The highest BCUT2D eigenvalue weighted by Crippen LogP contribution is 2.39. The third-order valence-corrected chi connectivity index (χ3v) is 9.39. The van der Waals surface area contributed by atoms with Gasteiger partial charge in [-0.2, -0.15) is 0 Å². The Kier molecular flexibility index (Phi) is 12.9. The molecular formula is C39H38N4O7S2. The molecule has 0 saturated carbocycles. The van der Waals surface area contributed by atoms with E-state index in [2.05, 4.69) is 20.9 Å². The number of hydrogen-bond acceptors (Lipinski definition) is 10. The molecule has 0 fully saturated rings. The van der Waals surface area contributed by atoms with Crippen molar-refractivity contribution in [2.24, 2.45) is 0 Å². The summed E-state index contributed by atoms with van der Waals surface area (Å²) in [6.45, 7) is 4.34. The van der Waals surface area contributed by atoms with Crippen molar-refractivity contribution in [3.63, 3.8) is 0 Å². The van der Waals surface area contributed by atoms with Crippen LogP contribution in [0.25, 0.3) is 17.3 Å². The van der Waals surface area contributed by atoms with Gasteiger partial charge in [0.05, 0.1) is 38.9 Å². The van der Waals surface area contributed by atoms with Gasteiger partial charge in [-0.1, -0.05) is 18.2 Å². The zero-order chi connectivity index (χ0) is 37.0. The van der Waals surface area contributed by atoms with Gasteiger partial charge in [0.1, 0.15) is 11.4 Å². The lowest BCUT2D eigenvalue weighted by Gasteiger charge is -2.15. The standard InChI is InChI=1S/C39H38N4O7S2/c1-6-50-29-16-12-26(13-17-29)32-23-51-39(42-32)43-36(44)24(2)52-30-18-14-28(15-19-30)40-38(46)31(41-37(45)27-10-8-7-9-11-27)20-25-21-33(47-3)35(49-5)34(22-25)48-4/h7-24H,6H2,1-5H3,(H,40,46)(H,41,45)(H,42,43,44)/b31-20-. The number of rotatable bonds is 15. The normalized spacial score (nSPS) is 11.6. The molecule has 5 aromatic rings. The first-order chi connectivity index (χ1) is 25.2. The van der Waals surface area contributed by atoms with Gasteiger partial charge < -0.3 is 34.9 Å². The maximum Gasteiger partial charge on any atom is 0.272 e. The number of benzene rings is 4. The largest absolute Gasteiger partial charge is 0.494 e. The molecule has 0 aliphatic heterocycles. The van der Waals surface area contributed by atoms with Crippen LogP contribution >= 0.6 is 23.1 Å². The fourth-order valence-corrected chi connectivity index (χ4v) is 6.52. The highest BCUT2D eigenvalue weighted by atomic mass is 32.2. The Morgan fingerprint density at radius 1 is 0.865 bits per heavy atom. The quantitative estimate of drug-likeness (QED) is 0.0727. The van der Waals surface area contributed by atoms with Crippen molar-refractivity contribution >= 4 is 57.7 Å². The summed E-state index contributed by atoms with van der Waals surface area (Å²) in [5.74, 6) is 0.752. The van der Waals surface area contributed by atoms with Crippen LogP contribution < -0.4 is 34.9 Å². The molecular weight excluding hydrogens is 701 g/mol. The number of carbonyl (C=O) groups excluding carboxylic acids is 3. The summed E-state index contributed by atoms with van der Waals surface area (Å²) >= 11 is 2.72. The van der Waals surface area contributed by atoms with Gasteiger partial charge in [0.2, 0.25) is 11.7 Å². The number of anilines is 2. The number of nitrogens with one attached hydrogen (secondary N) is 3. The summed E-state index contributed by atoms with van der Waals surface area (Å²) in [6.07, 6.45) is 1.52. The van der Waals surface area contributed by atoms with E-state index in [1.54, 1.807) is 54.6 Å². The summed E-state index contributed by atoms with van der Waals surface area (Å²) in [4.78, 5) is 45.2. The zero-order valence-electron chi connectivity index (χ0n) is 29.2. The minimum Gasteiger partial charge on any atom is -0.494 e. The van der Waals surface area contributed by atoms with E-state index in [9.17, 15) is 14.4 Å². The lowest BCUT2D eigenvalue weighted by molar-refractivity contribution is -0.115. The molecule has 3 N–H and O–H groups in total. The van der Waals surface area contributed by atoms with Gasteiger partial charge in [-0.05, 0) is 98.3 Å². The average Bonchev–Trinajstić information content (AvgIpc) is 3.63. The minimum atomic E-state index is -0.556. The number of thioether (sulfide) groups is 1. The number of hydrogen-bond donors (Lipinski definition) is 3. The van der Waals surface area contributed by atoms with Gasteiger partial charge in [0, 0.05) is 27.1 Å². The molecule has 0 bridgehead atoms. The lowest BCUT2D eigenvalue weighted by Crippen LogP contribution is -2.30. The Bertz CT molecular complexity index is 2010. The first-order valence-electron chi connectivity index (χ1n) is 16.2. The number of methoxy groups -OCH3 is 3. The Hall–Kier alpha value is -5.79. The smallest absolute Gasteiger partial charge is 0.272 e. The molecule has 0 aliphatic rings. The van der Waals surface area contributed by atoms with Crippen molar-refractivity contribution in [1.82, 2.24) is 10.3 Å². The fraction of sp³-hybridized carbons (Fsp3) is 0.179. The van der Waals surface area contributed by atoms with Gasteiger partial charge in [0.25, 0.3) is 11.8 Å². The molecule has 0 aliphatic carbocycles. The van der Waals surface area contributed by atoms with Crippen LogP contribution in [-0.4, -0.2) is 55.9 Å². The van der Waals surface area contributed by atoms with Crippen LogP contribution in [0.3, 0.4) is 0 Å². The third kappa shape index (κ3) is 9.71. The first-order valence-corrected chi connectivity index (χ1v) is 17.9. The highest BCUT2D eigenvalue weighted by molar-refractivity contribution is 8.00. The lowest BCUT2D eigenvalue weighted by atomic mass is 10.1. The van der Waals surface area contributed by atoms with E-state index in [1.807, 2.05) is 55.6 Å². The van der Waals surface area contributed by atoms with E-state index in [-0.39, 0.29) is 11.6 Å². The van der Waals surface area contributed by atoms with Crippen LogP contribution in [0.15, 0.2) is 107 Å². The monoisotopic (exact) mass is 738 g/mol. The van der Waals surface area contributed by atoms with Gasteiger partial charge >= 0.3 is 0 Å². The molecule has 268 valence electrons. The first kappa shape index (κ1) is 37.5. The molecule has 1 aromatic heterocycles. The number of nitrogens with zero attached hydrogens (tertiary/aromatic N) is 1. The molecule has 11 nitrogen and oxygen atoms in total. The topological polar surface area (TPSA) is 137 Å². The van der Waals surface area contributed by atoms with E-state index in [1.165, 1.54) is 50.5 Å². The minimum absolute atomic E-state index is 0.0141. The van der Waals surface area contributed by atoms with Crippen LogP contribution in [-0.2, 0) is 9.59 Å². The molecule has 0 spiro atoms. The third-order valence-electron chi connectivity index (χ3n) is 7.52. The van der Waals surface area contributed by atoms with Crippen LogP contribution in [0, 0.1) is 0 Å². The van der Waals surface area contributed by atoms with Crippen molar-refractivity contribution in [2.75, 3.05) is 38.6 Å². The Balaban J connectivity index is 1.25. The number of amides is 3. The summed E-state index contributed by atoms with van der Waals surface area (Å²) in [5.41, 5.74) is 3.07. The highest BCUT2D eigenvalue weighted by Gasteiger charge is 2.19. The van der Waals surface area contributed by atoms with Gasteiger partial charge in [0.15, 0.2) is 16.6 Å². The number of aromatic nitrogens is 1. The molecule has 1 unspecified atom stereocenters. The maximum atomic E-state index is 13.6. The van der Waals surface area contributed by atoms with Crippen molar-refractivity contribution in [1.29, 1.82) is 0 Å². The molecule has 4 aromatic carbocycles. The number of carbonyl (C=O) groups is 3. The summed E-state index contributed by atoms with van der Waals surface area (Å²) in [5, 5.41) is 10.5. The van der Waals surface area contributed by atoms with Gasteiger partial charge in [-0.25, -0.2) is 4.98 Å². The van der Waals surface area contributed by atoms with Crippen molar-refractivity contribution in [3.05, 3.63) is 113 Å². The number of ether oxygens (including phenoxy) is 4. The van der Waals surface area contributed by atoms with Crippen LogP contribution in [0.2, 0.25) is 0 Å². The van der Waals surface area contributed by atoms with Crippen LogP contribution in [0.4, 0.5) is 10.8 Å². The summed E-state index contributed by atoms with van der Waals surface area (Å²) in [6, 6.07) is 26.6. The second kappa shape index (κ2) is 17.9. The molecule has 0 radical (unpaired) electrons. The van der Waals surface area contributed by atoms with Crippen molar-refractivity contribution in [2.45, 2.75) is 24.0 Å². The zero-order valence-corrected chi connectivity index (χ0v) is 30.9. The Morgan fingerprint density at radius 2 is 1.54 bits per heavy atom. The molecule has 3 amide bonds. The molecule has 52 heavy (non-hydrogen) atoms. The molecule has 1 atom stereocenters. The van der Waals surface area contributed by atoms with E-state index in [0.29, 0.717) is 45.8 Å². The molecule has 5 rings (SSSR count).